The molecular formula is C20H25NO3S2. The third kappa shape index (κ3) is 3.91. The molecule has 26 heavy (non-hydrogen) atoms. The third-order valence-corrected chi connectivity index (χ3v) is 7.97. The predicted octanol–water partition coefficient (Wildman–Crippen LogP) is 4.06. The summed E-state index contributed by atoms with van der Waals surface area (Å²) in [5, 5.41) is 0. The largest absolute Gasteiger partial charge is 0.344 e. The van der Waals surface area contributed by atoms with Crippen LogP contribution in [-0.2, 0) is 9.84 Å². The predicted molar refractivity (Wildman–Crippen MR) is 107 cm³/mol. The lowest BCUT2D eigenvalue weighted by Crippen LogP contribution is -2.14. The van der Waals surface area contributed by atoms with E-state index >= 15 is 0 Å². The van der Waals surface area contributed by atoms with Gasteiger partial charge >= 0.3 is 0 Å². The molecule has 1 aliphatic rings. The van der Waals surface area contributed by atoms with Crippen LogP contribution < -0.4 is 0 Å². The summed E-state index contributed by atoms with van der Waals surface area (Å²) in [6.07, 6.45) is 0.629. The topological polar surface area (TPSA) is 56.1 Å². The van der Waals surface area contributed by atoms with E-state index in [9.17, 15) is 13.2 Å². The fourth-order valence-electron chi connectivity index (χ4n) is 3.78. The van der Waals surface area contributed by atoms with Crippen LogP contribution in [0.2, 0.25) is 0 Å². The van der Waals surface area contributed by atoms with Crippen LogP contribution in [0.5, 0.6) is 0 Å². The van der Waals surface area contributed by atoms with Gasteiger partial charge in [0.15, 0.2) is 15.6 Å². The molecule has 0 aliphatic carbocycles. The molecule has 1 aromatic carbocycles. The molecule has 1 fully saturated rings. The Bertz CT molecular complexity index is 958. The monoisotopic (exact) mass is 391 g/mol. The molecular weight excluding hydrogens is 366 g/mol. The number of aromatic nitrogens is 1. The normalized spacial score (nSPS) is 19.0. The Morgan fingerprint density at radius 3 is 2.54 bits per heavy atom. The first-order valence-corrected chi connectivity index (χ1v) is 11.6. The van der Waals surface area contributed by atoms with Crippen LogP contribution in [0.25, 0.3) is 0 Å². The highest BCUT2D eigenvalue weighted by Crippen LogP contribution is 2.30. The van der Waals surface area contributed by atoms with Gasteiger partial charge in [0, 0.05) is 27.9 Å². The number of carbonyl (C=O) groups is 1. The number of thioether (sulfide) groups is 1. The fraction of sp³-hybridized carbons (Fsp3) is 0.450. The minimum Gasteiger partial charge on any atom is -0.344 e. The molecule has 6 heteroatoms. The van der Waals surface area contributed by atoms with Crippen LogP contribution in [0.1, 0.15) is 45.3 Å². The molecule has 1 aliphatic heterocycles. The van der Waals surface area contributed by atoms with Crippen LogP contribution in [0.3, 0.4) is 0 Å². The van der Waals surface area contributed by atoms with Gasteiger partial charge in [-0.25, -0.2) is 8.42 Å². The summed E-state index contributed by atoms with van der Waals surface area (Å²) in [5.74, 6) is 0.890. The molecule has 1 saturated heterocycles. The first kappa shape index (κ1) is 19.2. The molecule has 0 spiro atoms. The van der Waals surface area contributed by atoms with Crippen molar-refractivity contribution >= 4 is 27.4 Å². The van der Waals surface area contributed by atoms with Crippen molar-refractivity contribution in [2.45, 2.75) is 45.1 Å². The van der Waals surface area contributed by atoms with Gasteiger partial charge in [0.05, 0.1) is 17.3 Å². The molecule has 140 valence electrons. The molecule has 0 N–H and O–H groups in total. The second-order valence-electron chi connectivity index (χ2n) is 7.19. The summed E-state index contributed by atoms with van der Waals surface area (Å²) < 4.78 is 25.7. The summed E-state index contributed by atoms with van der Waals surface area (Å²) in [4.78, 5) is 13.9. The minimum atomic E-state index is -2.95. The van der Waals surface area contributed by atoms with E-state index in [-0.39, 0.29) is 23.3 Å². The van der Waals surface area contributed by atoms with Gasteiger partial charge in [-0.05, 0) is 51.8 Å². The van der Waals surface area contributed by atoms with Crippen molar-refractivity contribution in [1.29, 1.82) is 0 Å². The summed E-state index contributed by atoms with van der Waals surface area (Å²) in [6, 6.07) is 8.11. The van der Waals surface area contributed by atoms with Crippen molar-refractivity contribution in [2.75, 3.05) is 17.3 Å². The standard InChI is InChI=1S/C20H25NO3S2/c1-13-5-6-20(14(2)9-13)25-11-19(22)18-10-15(3)21(16(18)4)17-7-8-26(23,24)12-17/h5-6,9-10,17H,7-8,11-12H2,1-4H3. The lowest BCUT2D eigenvalue weighted by atomic mass is 10.2. The number of rotatable bonds is 5. The Morgan fingerprint density at radius 2 is 1.92 bits per heavy atom. The minimum absolute atomic E-state index is 0.0476. The highest BCUT2D eigenvalue weighted by molar-refractivity contribution is 8.00. The maximum Gasteiger partial charge on any atom is 0.174 e. The zero-order valence-electron chi connectivity index (χ0n) is 15.7. The average molecular weight is 392 g/mol. The van der Waals surface area contributed by atoms with Crippen molar-refractivity contribution < 1.29 is 13.2 Å². The molecule has 0 saturated carbocycles. The molecule has 1 aromatic heterocycles. The molecule has 1 atom stereocenters. The summed E-state index contributed by atoms with van der Waals surface area (Å²) >= 11 is 1.56. The molecule has 4 nitrogen and oxygen atoms in total. The summed E-state index contributed by atoms with van der Waals surface area (Å²) in [5.41, 5.74) is 4.96. The van der Waals surface area contributed by atoms with Gasteiger partial charge in [-0.1, -0.05) is 17.7 Å². The Hall–Kier alpha value is -1.53. The molecule has 1 unspecified atom stereocenters. The Morgan fingerprint density at radius 1 is 1.19 bits per heavy atom. The smallest absolute Gasteiger partial charge is 0.174 e. The van der Waals surface area contributed by atoms with E-state index in [2.05, 4.69) is 32.0 Å². The van der Waals surface area contributed by atoms with Crippen molar-refractivity contribution in [1.82, 2.24) is 4.57 Å². The zero-order chi connectivity index (χ0) is 19.1. The van der Waals surface area contributed by atoms with E-state index < -0.39 is 9.84 Å². The Labute approximate surface area is 159 Å². The van der Waals surface area contributed by atoms with Crippen LogP contribution in [0.4, 0.5) is 0 Å². The van der Waals surface area contributed by atoms with Gasteiger partial charge in [0.25, 0.3) is 0 Å². The fourth-order valence-corrected chi connectivity index (χ4v) is 6.38. The van der Waals surface area contributed by atoms with Gasteiger partial charge in [0.1, 0.15) is 0 Å². The lowest BCUT2D eigenvalue weighted by molar-refractivity contribution is 0.102. The highest BCUT2D eigenvalue weighted by atomic mass is 32.2. The second kappa shape index (κ2) is 7.24. The van der Waals surface area contributed by atoms with E-state index in [0.717, 1.165) is 16.3 Å². The Kier molecular flexibility index (Phi) is 5.35. The number of aryl methyl sites for hydroxylation is 3. The summed E-state index contributed by atoms with van der Waals surface area (Å²) in [6.45, 7) is 8.00. The van der Waals surface area contributed by atoms with E-state index in [1.165, 1.54) is 11.1 Å². The highest BCUT2D eigenvalue weighted by Gasteiger charge is 2.31. The number of benzene rings is 1. The average Bonchev–Trinajstić information content (AvgIpc) is 3.05. The quantitative estimate of drug-likeness (QED) is 0.570. The number of ketones is 1. The van der Waals surface area contributed by atoms with Crippen molar-refractivity contribution in [3.05, 3.63) is 52.3 Å². The maximum absolute atomic E-state index is 12.8. The molecule has 2 heterocycles. The number of hydrogen-bond donors (Lipinski definition) is 0. The molecule has 0 radical (unpaired) electrons. The molecule has 3 rings (SSSR count). The van der Waals surface area contributed by atoms with Crippen molar-refractivity contribution in [2.24, 2.45) is 0 Å². The van der Waals surface area contributed by atoms with Crippen LogP contribution >= 0.6 is 11.8 Å². The number of Topliss-reactive ketones (excluding diaryl/α,β-unsaturated/α-hetero) is 1. The van der Waals surface area contributed by atoms with E-state index in [1.807, 2.05) is 24.5 Å². The van der Waals surface area contributed by atoms with Gasteiger partial charge < -0.3 is 4.57 Å². The molecule has 0 amide bonds. The van der Waals surface area contributed by atoms with Gasteiger partial charge in [-0.2, -0.15) is 0 Å². The Balaban J connectivity index is 1.77. The maximum atomic E-state index is 12.8. The molecule has 0 bridgehead atoms. The van der Waals surface area contributed by atoms with Crippen molar-refractivity contribution in [3.8, 4) is 0 Å². The first-order valence-electron chi connectivity index (χ1n) is 8.80. The number of sulfone groups is 1. The first-order chi connectivity index (χ1) is 12.2. The van der Waals surface area contributed by atoms with E-state index in [4.69, 9.17) is 0 Å². The van der Waals surface area contributed by atoms with Crippen LogP contribution in [-0.4, -0.2) is 36.0 Å². The van der Waals surface area contributed by atoms with Crippen LogP contribution in [0, 0.1) is 27.7 Å². The van der Waals surface area contributed by atoms with Gasteiger partial charge in [-0.3, -0.25) is 4.79 Å². The van der Waals surface area contributed by atoms with Gasteiger partial charge in [-0.15, -0.1) is 11.8 Å². The SMILES string of the molecule is Cc1ccc(SCC(=O)c2cc(C)n(C3CCS(=O)(=O)C3)c2C)c(C)c1. The number of nitrogens with zero attached hydrogens (tertiary/aromatic N) is 1. The third-order valence-electron chi connectivity index (χ3n) is 5.05. The van der Waals surface area contributed by atoms with Gasteiger partial charge in [0.2, 0.25) is 0 Å². The molecule has 2 aromatic rings. The van der Waals surface area contributed by atoms with Crippen LogP contribution in [0.15, 0.2) is 29.2 Å². The van der Waals surface area contributed by atoms with E-state index in [1.54, 1.807) is 11.8 Å². The lowest BCUT2D eigenvalue weighted by Gasteiger charge is -2.16. The van der Waals surface area contributed by atoms with E-state index in [0.29, 0.717) is 17.7 Å². The zero-order valence-corrected chi connectivity index (χ0v) is 17.3. The second-order valence-corrected chi connectivity index (χ2v) is 10.4. The number of carbonyl (C=O) groups excluding carboxylic acids is 1. The number of hydrogen-bond acceptors (Lipinski definition) is 4. The van der Waals surface area contributed by atoms with Crippen molar-refractivity contribution in [3.63, 3.8) is 0 Å². The summed E-state index contributed by atoms with van der Waals surface area (Å²) in [7, 11) is -2.95.